The van der Waals surface area contributed by atoms with Gasteiger partial charge in [0.15, 0.2) is 11.6 Å². The van der Waals surface area contributed by atoms with E-state index in [0.29, 0.717) is 35.3 Å². The average molecular weight is 1050 g/mol. The fraction of sp³-hybridized carbons (Fsp3) is 0.182. The van der Waals surface area contributed by atoms with Crippen molar-refractivity contribution in [1.29, 1.82) is 0 Å². The summed E-state index contributed by atoms with van der Waals surface area (Å²) in [6.45, 7) is 5.99. The van der Waals surface area contributed by atoms with Crippen LogP contribution in [0.4, 0.5) is 34.1 Å². The second-order valence-electron chi connectivity index (χ2n) is 13.9. The Morgan fingerprint density at radius 3 is 1.12 bits per heavy atom. The van der Waals surface area contributed by atoms with Gasteiger partial charge < -0.3 is 21.3 Å². The van der Waals surface area contributed by atoms with Gasteiger partial charge in [-0.2, -0.15) is 20.5 Å². The van der Waals surface area contributed by atoms with E-state index in [4.69, 9.17) is 92.8 Å². The van der Waals surface area contributed by atoms with Gasteiger partial charge >= 0.3 is 0 Å². The average Bonchev–Trinajstić information content (AvgIpc) is 3.27. The second-order valence-corrected chi connectivity index (χ2v) is 17.1. The van der Waals surface area contributed by atoms with Gasteiger partial charge in [-0.3, -0.25) is 28.8 Å². The van der Waals surface area contributed by atoms with Crippen molar-refractivity contribution in [3.63, 3.8) is 0 Å². The first-order chi connectivity index (χ1) is 31.2. The Balaban J connectivity index is 1.31. The molecule has 5 aromatic rings. The second kappa shape index (κ2) is 23.0. The van der Waals surface area contributed by atoms with E-state index < -0.39 is 47.3 Å². The summed E-state index contributed by atoms with van der Waals surface area (Å²) >= 11 is 49.3. The van der Waals surface area contributed by atoms with Gasteiger partial charge in [-0.05, 0) is 111 Å². The van der Waals surface area contributed by atoms with Crippen LogP contribution in [0.5, 0.6) is 0 Å². The normalized spacial score (nSPS) is 12.2. The first-order valence-electron chi connectivity index (χ1n) is 19.3. The van der Waals surface area contributed by atoms with Crippen molar-refractivity contribution in [3.05, 3.63) is 135 Å². The van der Waals surface area contributed by atoms with Gasteiger partial charge in [0.25, 0.3) is 23.6 Å². The van der Waals surface area contributed by atoms with E-state index in [0.717, 1.165) is 0 Å². The highest BCUT2D eigenvalue weighted by Gasteiger charge is 2.27. The number of rotatable bonds is 16. The number of hydrogen-bond acceptors (Lipinski definition) is 10. The minimum atomic E-state index is -1.60. The number of anilines is 4. The van der Waals surface area contributed by atoms with Crippen LogP contribution in [0.15, 0.2) is 93.3 Å². The van der Waals surface area contributed by atoms with Crippen LogP contribution in [-0.2, 0) is 32.0 Å². The number of hydrogen-bond donors (Lipinski definition) is 4. The monoisotopic (exact) mass is 1050 g/mol. The van der Waals surface area contributed by atoms with Gasteiger partial charge in [0.2, 0.25) is 12.1 Å². The van der Waals surface area contributed by atoms with Crippen LogP contribution in [0, 0.1) is 0 Å². The number of halogens is 8. The molecule has 2 unspecified atom stereocenters. The lowest BCUT2D eigenvalue weighted by molar-refractivity contribution is -0.127. The molecule has 4 N–H and O–H groups in total. The molecule has 5 rings (SSSR count). The standard InChI is InChI=1S/C44H34Cl8N8O6/c1-5-23-24(6-2)32(54-44(66)40(20(4)62)60-58-22-8-10-28(46)26(18-22)42(64)56-34-14-12-30(48)36(50)38(34)52)16-15-31(23)53-43(65)39(19(3)61)59-57-21-7-9-27(45)25(17-21)41(63)55-33-13-11-29(47)35(49)37(33)51/h7-18,39-40H,5-6H2,1-4H3,(H,53,65)(H,54,66)(H,55,63)(H,56,64). The van der Waals surface area contributed by atoms with Crippen LogP contribution in [0.25, 0.3) is 0 Å². The molecule has 66 heavy (non-hydrogen) atoms. The Morgan fingerprint density at radius 1 is 0.455 bits per heavy atom. The highest BCUT2D eigenvalue weighted by Crippen LogP contribution is 2.38. The SMILES string of the molecule is CCc1c(NC(=O)C(N=Nc2ccc(Cl)c(C(=O)Nc3ccc(Cl)c(Cl)c3Cl)c2)C(C)=O)ccc(NC(=O)C(N=Nc2ccc(Cl)c(C(=O)Nc3ccc(Cl)c(Cl)c3Cl)c2)C(C)=O)c1CC. The maximum absolute atomic E-state index is 13.6. The van der Waals surface area contributed by atoms with Crippen LogP contribution < -0.4 is 21.3 Å². The molecule has 0 aliphatic heterocycles. The van der Waals surface area contributed by atoms with E-state index >= 15 is 0 Å². The molecule has 0 radical (unpaired) electrons. The van der Waals surface area contributed by atoms with Gasteiger partial charge in [-0.1, -0.05) is 107 Å². The van der Waals surface area contributed by atoms with Crippen molar-refractivity contribution >= 4 is 162 Å². The van der Waals surface area contributed by atoms with Crippen molar-refractivity contribution in [1.82, 2.24) is 0 Å². The molecule has 0 bridgehead atoms. The lowest BCUT2D eigenvalue weighted by Gasteiger charge is -2.20. The predicted octanol–water partition coefficient (Wildman–Crippen LogP) is 13.9. The van der Waals surface area contributed by atoms with Crippen LogP contribution in [-0.4, -0.2) is 47.3 Å². The van der Waals surface area contributed by atoms with Gasteiger partial charge in [0.05, 0.1) is 74.1 Å². The minimum absolute atomic E-state index is 0.0163. The zero-order chi connectivity index (χ0) is 48.6. The molecular weight excluding hydrogens is 1020 g/mol. The fourth-order valence-corrected chi connectivity index (χ4v) is 7.72. The molecule has 22 heteroatoms. The first-order valence-corrected chi connectivity index (χ1v) is 22.4. The summed E-state index contributed by atoms with van der Waals surface area (Å²) in [6.07, 6.45) is 0.745. The molecule has 0 aliphatic rings. The highest BCUT2D eigenvalue weighted by molar-refractivity contribution is 6.50. The van der Waals surface area contributed by atoms with Gasteiger partial charge in [-0.25, -0.2) is 0 Å². The molecule has 0 saturated carbocycles. The van der Waals surface area contributed by atoms with Crippen molar-refractivity contribution < 1.29 is 28.8 Å². The van der Waals surface area contributed by atoms with E-state index in [9.17, 15) is 28.8 Å². The summed E-state index contributed by atoms with van der Waals surface area (Å²) in [5, 5.41) is 27.5. The molecular formula is C44H34Cl8N8O6. The predicted molar refractivity (Wildman–Crippen MR) is 262 cm³/mol. The quantitative estimate of drug-likeness (QED) is 0.0430. The number of amides is 4. The summed E-state index contributed by atoms with van der Waals surface area (Å²) in [6, 6.07) is 14.0. The Labute approximate surface area is 417 Å². The summed E-state index contributed by atoms with van der Waals surface area (Å²) < 4.78 is 0. The van der Waals surface area contributed by atoms with Gasteiger partial charge in [0, 0.05) is 11.4 Å². The van der Waals surface area contributed by atoms with Gasteiger partial charge in [0.1, 0.15) is 0 Å². The fourth-order valence-electron chi connectivity index (χ4n) is 6.15. The number of azo groups is 2. The Kier molecular flexibility index (Phi) is 18.1. The number of carbonyl (C=O) groups is 6. The van der Waals surface area contributed by atoms with Crippen LogP contribution in [0.3, 0.4) is 0 Å². The number of ketones is 2. The van der Waals surface area contributed by atoms with E-state index in [1.807, 2.05) is 13.8 Å². The molecule has 342 valence electrons. The maximum Gasteiger partial charge on any atom is 0.258 e. The summed E-state index contributed by atoms with van der Waals surface area (Å²) in [4.78, 5) is 78.9. The molecule has 0 aromatic heterocycles. The highest BCUT2D eigenvalue weighted by atomic mass is 35.5. The summed E-state index contributed by atoms with van der Waals surface area (Å²) in [5.74, 6) is -4.21. The maximum atomic E-state index is 13.6. The Bertz CT molecular complexity index is 2670. The molecule has 0 aliphatic carbocycles. The van der Waals surface area contributed by atoms with Gasteiger partial charge in [-0.15, -0.1) is 0 Å². The molecule has 0 heterocycles. The number of carbonyl (C=O) groups excluding carboxylic acids is 6. The van der Waals surface area contributed by atoms with Crippen molar-refractivity contribution in [2.45, 2.75) is 52.6 Å². The molecule has 2 atom stereocenters. The summed E-state index contributed by atoms with van der Waals surface area (Å²) in [7, 11) is 0. The molecule has 5 aromatic carbocycles. The first kappa shape index (κ1) is 51.8. The third-order valence-electron chi connectivity index (χ3n) is 9.45. The summed E-state index contributed by atoms with van der Waals surface area (Å²) in [5.41, 5.74) is 2.41. The largest absolute Gasteiger partial charge is 0.323 e. The third kappa shape index (κ3) is 12.4. The van der Waals surface area contributed by atoms with Crippen LogP contribution >= 0.6 is 92.8 Å². The van der Waals surface area contributed by atoms with E-state index in [1.54, 1.807) is 0 Å². The van der Waals surface area contributed by atoms with E-state index in [1.165, 1.54) is 86.6 Å². The minimum Gasteiger partial charge on any atom is -0.323 e. The van der Waals surface area contributed by atoms with E-state index in [2.05, 4.69) is 41.7 Å². The number of Topliss-reactive ketones (excluding diaryl/α,β-unsaturated/α-hetero) is 2. The zero-order valence-electron chi connectivity index (χ0n) is 34.8. The van der Waals surface area contributed by atoms with Crippen LogP contribution in [0.1, 0.15) is 59.5 Å². The van der Waals surface area contributed by atoms with Crippen molar-refractivity contribution in [2.75, 3.05) is 21.3 Å². The lowest BCUT2D eigenvalue weighted by Crippen LogP contribution is -2.33. The Morgan fingerprint density at radius 2 is 0.788 bits per heavy atom. The van der Waals surface area contributed by atoms with Crippen LogP contribution in [0.2, 0.25) is 40.2 Å². The molecule has 0 fully saturated rings. The van der Waals surface area contributed by atoms with Crippen molar-refractivity contribution in [2.24, 2.45) is 20.5 Å². The third-order valence-corrected chi connectivity index (χ3v) is 12.7. The molecule has 0 spiro atoms. The number of nitrogens with one attached hydrogen (secondary N) is 4. The smallest absolute Gasteiger partial charge is 0.258 e. The molecule has 14 nitrogen and oxygen atoms in total. The Hall–Kier alpha value is -5.16. The number of benzene rings is 5. The number of nitrogens with zero attached hydrogens (tertiary/aromatic N) is 4. The van der Waals surface area contributed by atoms with E-state index in [-0.39, 0.29) is 74.1 Å². The molecule has 4 amide bonds. The molecule has 0 saturated heterocycles. The van der Waals surface area contributed by atoms with Crippen molar-refractivity contribution in [3.8, 4) is 0 Å². The lowest BCUT2D eigenvalue weighted by atomic mass is 9.98. The topological polar surface area (TPSA) is 200 Å². The zero-order valence-corrected chi connectivity index (χ0v) is 40.8.